The summed E-state index contributed by atoms with van der Waals surface area (Å²) in [6, 6.07) is 6.84. The molecule has 28 heavy (non-hydrogen) atoms. The highest BCUT2D eigenvalue weighted by molar-refractivity contribution is 6.08. The number of methoxy groups -OCH3 is 1. The number of nitrogens with zero attached hydrogens (tertiary/aromatic N) is 1. The number of carbonyl (C=O) groups excluding carboxylic acids is 2. The van der Waals surface area contributed by atoms with Crippen molar-refractivity contribution in [2.75, 3.05) is 13.7 Å². The number of hydrazine groups is 1. The lowest BCUT2D eigenvalue weighted by molar-refractivity contribution is -0.177. The first-order chi connectivity index (χ1) is 13.1. The summed E-state index contributed by atoms with van der Waals surface area (Å²) in [4.78, 5) is 24.4. The predicted molar refractivity (Wildman–Crippen MR) is 105 cm³/mol. The average molecular weight is 394 g/mol. The molecular weight excluding hydrogens is 364 g/mol. The second-order valence-corrected chi connectivity index (χ2v) is 7.08. The summed E-state index contributed by atoms with van der Waals surface area (Å²) < 4.78 is 16.0. The minimum absolute atomic E-state index is 0.130. The number of rotatable bonds is 9. The Kier molecular flexibility index (Phi) is 8.39. The summed E-state index contributed by atoms with van der Waals surface area (Å²) in [5, 5.41) is 3.78. The van der Waals surface area contributed by atoms with Gasteiger partial charge in [0.15, 0.2) is 5.84 Å². The molecule has 1 aromatic carbocycles. The van der Waals surface area contributed by atoms with Crippen LogP contribution < -0.4 is 17.1 Å². The van der Waals surface area contributed by atoms with Gasteiger partial charge in [0.25, 0.3) is 0 Å². The summed E-state index contributed by atoms with van der Waals surface area (Å²) >= 11 is 0. The normalized spacial score (nSPS) is 14.1. The number of amidine groups is 1. The van der Waals surface area contributed by atoms with Gasteiger partial charge >= 0.3 is 11.9 Å². The third-order valence-corrected chi connectivity index (χ3v) is 3.83. The van der Waals surface area contributed by atoms with E-state index < -0.39 is 23.1 Å². The van der Waals surface area contributed by atoms with Gasteiger partial charge in [-0.2, -0.15) is 0 Å². The fourth-order valence-electron chi connectivity index (χ4n) is 2.66. The maximum Gasteiger partial charge on any atom is 0.346 e. The first-order valence-corrected chi connectivity index (χ1v) is 8.93. The Bertz CT molecular complexity index is 697. The third-order valence-electron chi connectivity index (χ3n) is 3.83. The minimum Gasteiger partial charge on any atom is -0.465 e. The molecule has 0 radical (unpaired) electrons. The molecule has 0 aliphatic heterocycles. The summed E-state index contributed by atoms with van der Waals surface area (Å²) in [6.45, 7) is 7.25. The lowest BCUT2D eigenvalue weighted by atomic mass is 9.91. The first-order valence-electron chi connectivity index (χ1n) is 8.93. The van der Waals surface area contributed by atoms with Crippen LogP contribution in [-0.2, 0) is 25.4 Å². The van der Waals surface area contributed by atoms with Crippen LogP contribution in [0.3, 0.4) is 0 Å². The molecule has 0 bridgehead atoms. The van der Waals surface area contributed by atoms with E-state index in [0.717, 1.165) is 5.56 Å². The van der Waals surface area contributed by atoms with Crippen molar-refractivity contribution in [2.24, 2.45) is 16.7 Å². The van der Waals surface area contributed by atoms with Crippen LogP contribution in [0.1, 0.15) is 50.0 Å². The van der Waals surface area contributed by atoms with Crippen LogP contribution in [0.4, 0.5) is 0 Å². The highest BCUT2D eigenvalue weighted by Crippen LogP contribution is 2.28. The average Bonchev–Trinajstić information content (AvgIpc) is 2.64. The van der Waals surface area contributed by atoms with E-state index in [1.165, 1.54) is 7.11 Å². The summed E-state index contributed by atoms with van der Waals surface area (Å²) in [6.07, 6.45) is 0.578. The van der Waals surface area contributed by atoms with Gasteiger partial charge in [-0.25, -0.2) is 21.0 Å². The molecule has 0 saturated carbocycles. The number of hydrogen-bond donors (Lipinski definition) is 3. The van der Waals surface area contributed by atoms with Crippen molar-refractivity contribution in [2.45, 2.75) is 51.7 Å². The molecule has 1 unspecified atom stereocenters. The zero-order valence-corrected chi connectivity index (χ0v) is 17.1. The lowest BCUT2D eigenvalue weighted by Gasteiger charge is -2.36. The molecule has 1 aromatic rings. The maximum absolute atomic E-state index is 12.8. The largest absolute Gasteiger partial charge is 0.465 e. The second kappa shape index (κ2) is 10.0. The molecule has 5 N–H and O–H groups in total. The number of ether oxygens (including phenoxy) is 3. The molecule has 0 aliphatic rings. The SMILES string of the molecule is CCOC(=O)C(CCc1ccc(C(=O)OC)cc1)(OC(C)(C)C)/C(N)=N/NN. The predicted octanol–water partition coefficient (Wildman–Crippen LogP) is 1.26. The summed E-state index contributed by atoms with van der Waals surface area (Å²) in [7, 11) is 1.32. The second-order valence-electron chi connectivity index (χ2n) is 7.08. The number of hydrazone groups is 1. The van der Waals surface area contributed by atoms with Gasteiger partial charge in [-0.15, -0.1) is 5.10 Å². The Morgan fingerprint density at radius 3 is 2.25 bits per heavy atom. The molecule has 0 amide bonds. The molecular formula is C19H30N4O5. The van der Waals surface area contributed by atoms with Crippen molar-refractivity contribution in [3.63, 3.8) is 0 Å². The van der Waals surface area contributed by atoms with Gasteiger partial charge in [-0.3, -0.25) is 0 Å². The summed E-state index contributed by atoms with van der Waals surface area (Å²) in [5.74, 6) is 4.06. The van der Waals surface area contributed by atoms with Crippen LogP contribution in [0.15, 0.2) is 29.4 Å². The van der Waals surface area contributed by atoms with Gasteiger partial charge in [-0.05, 0) is 58.2 Å². The Morgan fingerprint density at radius 1 is 1.18 bits per heavy atom. The number of aryl methyl sites for hydroxylation is 1. The number of benzene rings is 1. The smallest absolute Gasteiger partial charge is 0.346 e. The molecule has 1 rings (SSSR count). The standard InChI is InChI=1S/C19H30N4O5/c1-6-27-17(25)19(16(20)22-23-21,28-18(2,3)4)12-11-13-7-9-14(10-8-13)15(24)26-5/h7-10,23H,6,11-12,21H2,1-5H3,(H2,20,22). The van der Waals surface area contributed by atoms with E-state index in [1.54, 1.807) is 52.0 Å². The maximum atomic E-state index is 12.8. The fraction of sp³-hybridized carbons (Fsp3) is 0.526. The zero-order valence-electron chi connectivity index (χ0n) is 17.1. The van der Waals surface area contributed by atoms with Crippen molar-refractivity contribution in [3.05, 3.63) is 35.4 Å². The van der Waals surface area contributed by atoms with Crippen molar-refractivity contribution >= 4 is 17.8 Å². The van der Waals surface area contributed by atoms with Crippen molar-refractivity contribution in [1.29, 1.82) is 0 Å². The zero-order chi connectivity index (χ0) is 21.4. The molecule has 1 atom stereocenters. The van der Waals surface area contributed by atoms with E-state index in [9.17, 15) is 9.59 Å². The van der Waals surface area contributed by atoms with Crippen molar-refractivity contribution in [1.82, 2.24) is 5.53 Å². The van der Waals surface area contributed by atoms with Crippen LogP contribution in [0.25, 0.3) is 0 Å². The molecule has 0 heterocycles. The van der Waals surface area contributed by atoms with Gasteiger partial charge in [0.2, 0.25) is 5.60 Å². The van der Waals surface area contributed by atoms with E-state index in [0.29, 0.717) is 12.0 Å². The Hall–Kier alpha value is -2.65. The molecule has 0 saturated heterocycles. The third kappa shape index (κ3) is 6.21. The molecule has 0 fully saturated rings. The van der Waals surface area contributed by atoms with Gasteiger partial charge in [0.1, 0.15) is 0 Å². The van der Waals surface area contributed by atoms with Gasteiger partial charge in [0, 0.05) is 0 Å². The van der Waals surface area contributed by atoms with Crippen molar-refractivity contribution in [3.8, 4) is 0 Å². The number of esters is 2. The molecule has 9 nitrogen and oxygen atoms in total. The molecule has 0 aliphatic carbocycles. The Labute approximate surface area is 165 Å². The van der Waals surface area contributed by atoms with E-state index in [4.69, 9.17) is 25.8 Å². The Morgan fingerprint density at radius 2 is 1.79 bits per heavy atom. The van der Waals surface area contributed by atoms with Crippen LogP contribution in [0.5, 0.6) is 0 Å². The molecule has 9 heteroatoms. The minimum atomic E-state index is -1.62. The summed E-state index contributed by atoms with van der Waals surface area (Å²) in [5.41, 5.74) is 7.14. The number of nitrogens with two attached hydrogens (primary N) is 2. The Balaban J connectivity index is 3.21. The highest BCUT2D eigenvalue weighted by Gasteiger charge is 2.48. The first kappa shape index (κ1) is 23.4. The van der Waals surface area contributed by atoms with Gasteiger partial charge < -0.3 is 19.9 Å². The topological polar surface area (TPSA) is 138 Å². The van der Waals surface area contributed by atoms with Crippen LogP contribution >= 0.6 is 0 Å². The lowest BCUT2D eigenvalue weighted by Crippen LogP contribution is -2.57. The number of nitrogens with one attached hydrogen (secondary N) is 1. The molecule has 156 valence electrons. The van der Waals surface area contributed by atoms with E-state index in [2.05, 4.69) is 10.6 Å². The van der Waals surface area contributed by atoms with Crippen LogP contribution in [0, 0.1) is 0 Å². The monoisotopic (exact) mass is 394 g/mol. The highest BCUT2D eigenvalue weighted by atomic mass is 16.6. The number of carbonyl (C=O) groups is 2. The van der Waals surface area contributed by atoms with Crippen molar-refractivity contribution < 1.29 is 23.8 Å². The van der Waals surface area contributed by atoms with Crippen LogP contribution in [0.2, 0.25) is 0 Å². The fourth-order valence-corrected chi connectivity index (χ4v) is 2.66. The molecule has 0 spiro atoms. The van der Waals surface area contributed by atoms with E-state index >= 15 is 0 Å². The van der Waals surface area contributed by atoms with Gasteiger partial charge in [-0.1, -0.05) is 12.1 Å². The van der Waals surface area contributed by atoms with Crippen LogP contribution in [-0.4, -0.2) is 42.7 Å². The van der Waals surface area contributed by atoms with Gasteiger partial charge in [0.05, 0.1) is 24.9 Å². The van der Waals surface area contributed by atoms with E-state index in [-0.39, 0.29) is 18.9 Å². The molecule has 0 aromatic heterocycles. The quantitative estimate of drug-likeness (QED) is 0.187. The van der Waals surface area contributed by atoms with E-state index in [1.807, 2.05) is 0 Å². The number of hydrogen-bond acceptors (Lipinski definition) is 8.